The van der Waals surface area contributed by atoms with E-state index >= 15 is 0 Å². The minimum Gasteiger partial charge on any atom is -0.482 e. The van der Waals surface area contributed by atoms with Gasteiger partial charge in [-0.05, 0) is 5.56 Å². The van der Waals surface area contributed by atoms with E-state index in [0.717, 1.165) is 10.8 Å². The summed E-state index contributed by atoms with van der Waals surface area (Å²) in [5.74, 6) is -0.901. The minimum atomic E-state index is -3.11. The molecule has 0 aliphatic carbocycles. The molecule has 1 aromatic carbocycles. The van der Waals surface area contributed by atoms with Crippen LogP contribution in [-0.2, 0) is 18.4 Å². The molecule has 0 radical (unpaired) electrons. The van der Waals surface area contributed by atoms with Gasteiger partial charge in [0.25, 0.3) is 11.9 Å². The number of carbonyl (C=O) groups excluding carboxylic acids is 2. The first-order valence-corrected chi connectivity index (χ1v) is 8.08. The van der Waals surface area contributed by atoms with E-state index in [1.165, 1.54) is 13.8 Å². The molecule has 0 spiro atoms. The minimum absolute atomic E-state index is 0.450. The molecule has 0 aromatic heterocycles. The van der Waals surface area contributed by atoms with E-state index in [2.05, 4.69) is 6.58 Å². The van der Waals surface area contributed by atoms with Crippen molar-refractivity contribution in [1.82, 2.24) is 0 Å². The van der Waals surface area contributed by atoms with Crippen LogP contribution in [0.2, 0.25) is 6.04 Å². The lowest BCUT2D eigenvalue weighted by atomic mass is 10.2. The van der Waals surface area contributed by atoms with Crippen LogP contribution in [0, 0.1) is 0 Å². The summed E-state index contributed by atoms with van der Waals surface area (Å²) in [6.07, 6.45) is 1.67. The largest absolute Gasteiger partial charge is 0.499 e. The molecule has 5 heteroatoms. The summed E-state index contributed by atoms with van der Waals surface area (Å²) in [5.41, 5.74) is 0.818. The molecule has 0 atom stereocenters. The Bertz CT molecular complexity index is 480. The first-order valence-electron chi connectivity index (χ1n) is 6.06. The van der Waals surface area contributed by atoms with E-state index in [1.54, 1.807) is 6.08 Å². The third-order valence-corrected chi connectivity index (χ3v) is 6.12. The Labute approximate surface area is 114 Å². The van der Waals surface area contributed by atoms with Gasteiger partial charge in [-0.2, -0.15) is 0 Å². The summed E-state index contributed by atoms with van der Waals surface area (Å²) in [7, 11) is -3.11. The van der Waals surface area contributed by atoms with Crippen molar-refractivity contribution in [2.24, 2.45) is 0 Å². The van der Waals surface area contributed by atoms with Crippen LogP contribution in [0.1, 0.15) is 26.3 Å². The second-order valence-corrected chi connectivity index (χ2v) is 7.24. The summed E-state index contributed by atoms with van der Waals surface area (Å²) in [6.45, 7) is 8.22. The Morgan fingerprint density at radius 2 is 1.74 bits per heavy atom. The number of benzene rings is 1. The lowest BCUT2D eigenvalue weighted by Gasteiger charge is -2.29. The van der Waals surface area contributed by atoms with Gasteiger partial charge in [-0.25, -0.2) is 0 Å². The first-order chi connectivity index (χ1) is 8.95. The van der Waals surface area contributed by atoms with Gasteiger partial charge in [0, 0.05) is 25.1 Å². The predicted octanol–water partition coefficient (Wildman–Crippen LogP) is 2.12. The van der Waals surface area contributed by atoms with Crippen LogP contribution in [0.4, 0.5) is 0 Å². The molecule has 0 heterocycles. The summed E-state index contributed by atoms with van der Waals surface area (Å²) >= 11 is 0. The third kappa shape index (κ3) is 3.54. The van der Waals surface area contributed by atoms with Crippen molar-refractivity contribution in [1.29, 1.82) is 0 Å². The molecule has 0 saturated heterocycles. The quantitative estimate of drug-likeness (QED) is 0.774. The van der Waals surface area contributed by atoms with E-state index < -0.39 is 20.5 Å². The number of carbonyl (C=O) groups is 2. The molecule has 0 unspecified atom stereocenters. The first kappa shape index (κ1) is 15.2. The Kier molecular flexibility index (Phi) is 5.06. The molecule has 102 valence electrons. The van der Waals surface area contributed by atoms with Crippen LogP contribution in [0.5, 0.6) is 0 Å². The molecular weight excluding hydrogens is 260 g/mol. The van der Waals surface area contributed by atoms with Gasteiger partial charge < -0.3 is 8.85 Å². The normalized spacial score (nSPS) is 10.7. The molecule has 0 aliphatic heterocycles. The molecule has 0 aliphatic rings. The maximum absolute atomic E-state index is 11.4. The van der Waals surface area contributed by atoms with Gasteiger partial charge in [-0.1, -0.05) is 43.8 Å². The van der Waals surface area contributed by atoms with Crippen molar-refractivity contribution in [2.75, 3.05) is 0 Å². The van der Waals surface area contributed by atoms with Gasteiger partial charge in [0.15, 0.2) is 0 Å². The highest BCUT2D eigenvalue weighted by atomic mass is 28.4. The van der Waals surface area contributed by atoms with E-state index in [1.807, 2.05) is 31.2 Å². The molecule has 19 heavy (non-hydrogen) atoms. The Hall–Kier alpha value is -1.88. The molecular formula is C14H18O4Si. The van der Waals surface area contributed by atoms with Crippen molar-refractivity contribution in [3.05, 3.63) is 36.4 Å². The summed E-state index contributed by atoms with van der Waals surface area (Å²) in [6, 6.07) is 7.81. The second kappa shape index (κ2) is 6.33. The lowest BCUT2D eigenvalue weighted by Crippen LogP contribution is -2.56. The highest BCUT2D eigenvalue weighted by Crippen LogP contribution is 2.17. The van der Waals surface area contributed by atoms with Crippen molar-refractivity contribution >= 4 is 31.8 Å². The summed E-state index contributed by atoms with van der Waals surface area (Å²) in [4.78, 5) is 22.7. The zero-order valence-electron chi connectivity index (χ0n) is 11.4. The SMILES string of the molecule is C=Cc1ccccc1[Si](CC)(OC(C)=O)OC(C)=O. The van der Waals surface area contributed by atoms with Crippen LogP contribution < -0.4 is 5.19 Å². The van der Waals surface area contributed by atoms with Gasteiger partial charge in [0.1, 0.15) is 0 Å². The van der Waals surface area contributed by atoms with Crippen LogP contribution in [0.3, 0.4) is 0 Å². The number of hydrogen-bond acceptors (Lipinski definition) is 4. The topological polar surface area (TPSA) is 52.6 Å². The molecule has 0 amide bonds. The van der Waals surface area contributed by atoms with Crippen molar-refractivity contribution in [3.63, 3.8) is 0 Å². The fourth-order valence-corrected chi connectivity index (χ4v) is 4.79. The number of rotatable bonds is 5. The van der Waals surface area contributed by atoms with Gasteiger partial charge >= 0.3 is 8.56 Å². The highest BCUT2D eigenvalue weighted by molar-refractivity contribution is 6.83. The van der Waals surface area contributed by atoms with Crippen molar-refractivity contribution in [2.45, 2.75) is 26.8 Å². The van der Waals surface area contributed by atoms with E-state index in [4.69, 9.17) is 8.85 Å². The fraction of sp³-hybridized carbons (Fsp3) is 0.286. The molecule has 4 nitrogen and oxygen atoms in total. The summed E-state index contributed by atoms with van der Waals surface area (Å²) < 4.78 is 10.9. The summed E-state index contributed by atoms with van der Waals surface area (Å²) in [5, 5.41) is 0.748. The zero-order chi connectivity index (χ0) is 14.5. The molecule has 1 aromatic rings. The van der Waals surface area contributed by atoms with Gasteiger partial charge in [-0.3, -0.25) is 9.59 Å². The van der Waals surface area contributed by atoms with E-state index in [-0.39, 0.29) is 0 Å². The standard InChI is InChI=1S/C14H18O4Si/c1-5-13-9-7-8-10-14(13)19(6-2,17-11(3)15)18-12(4)16/h5,7-10H,1,6H2,2-4H3. The predicted molar refractivity (Wildman–Crippen MR) is 75.9 cm³/mol. The van der Waals surface area contributed by atoms with E-state index in [9.17, 15) is 9.59 Å². The average Bonchev–Trinajstić information content (AvgIpc) is 2.36. The maximum atomic E-state index is 11.4. The fourth-order valence-electron chi connectivity index (χ4n) is 1.95. The zero-order valence-corrected chi connectivity index (χ0v) is 12.4. The maximum Gasteiger partial charge on any atom is 0.499 e. The van der Waals surface area contributed by atoms with Gasteiger partial charge in [-0.15, -0.1) is 0 Å². The Morgan fingerprint density at radius 3 is 2.16 bits per heavy atom. The van der Waals surface area contributed by atoms with Crippen LogP contribution in [0.25, 0.3) is 6.08 Å². The molecule has 0 saturated carbocycles. The monoisotopic (exact) mass is 278 g/mol. The molecule has 0 N–H and O–H groups in total. The van der Waals surface area contributed by atoms with Crippen LogP contribution in [0.15, 0.2) is 30.8 Å². The molecule has 0 bridgehead atoms. The van der Waals surface area contributed by atoms with Gasteiger partial charge in [0.2, 0.25) is 0 Å². The number of hydrogen-bond donors (Lipinski definition) is 0. The smallest absolute Gasteiger partial charge is 0.482 e. The third-order valence-electron chi connectivity index (χ3n) is 2.67. The lowest BCUT2D eigenvalue weighted by molar-refractivity contribution is -0.138. The van der Waals surface area contributed by atoms with Gasteiger partial charge in [0.05, 0.1) is 0 Å². The average molecular weight is 278 g/mol. The van der Waals surface area contributed by atoms with Crippen LogP contribution >= 0.6 is 0 Å². The van der Waals surface area contributed by atoms with Crippen molar-refractivity contribution in [3.8, 4) is 0 Å². The van der Waals surface area contributed by atoms with Crippen LogP contribution in [-0.4, -0.2) is 20.5 Å². The molecule has 0 fully saturated rings. The Morgan fingerprint density at radius 1 is 1.21 bits per heavy atom. The second-order valence-electron chi connectivity index (χ2n) is 4.09. The van der Waals surface area contributed by atoms with Crippen molar-refractivity contribution < 1.29 is 18.4 Å². The Balaban J connectivity index is 3.39. The van der Waals surface area contributed by atoms with E-state index in [0.29, 0.717) is 6.04 Å². The highest BCUT2D eigenvalue weighted by Gasteiger charge is 2.45. The molecule has 1 rings (SSSR count).